The fourth-order valence-corrected chi connectivity index (χ4v) is 4.31. The predicted molar refractivity (Wildman–Crippen MR) is 108 cm³/mol. The van der Waals surface area contributed by atoms with Crippen molar-refractivity contribution in [3.8, 4) is 11.1 Å². The number of hydrogen-bond donors (Lipinski definition) is 2. The molecular weight excluding hydrogens is 352 g/mol. The van der Waals surface area contributed by atoms with E-state index >= 15 is 0 Å². The van der Waals surface area contributed by atoms with E-state index in [1.54, 1.807) is 4.90 Å². The second-order valence-electron chi connectivity index (χ2n) is 7.78. The minimum Gasteiger partial charge on any atom is -0.394 e. The van der Waals surface area contributed by atoms with Crippen LogP contribution in [0.4, 0.5) is 0 Å². The Morgan fingerprint density at radius 2 is 1.64 bits per heavy atom. The van der Waals surface area contributed by atoms with Crippen LogP contribution in [-0.2, 0) is 9.59 Å². The molecule has 0 aromatic heterocycles. The van der Waals surface area contributed by atoms with Crippen LogP contribution < -0.4 is 5.32 Å². The number of aliphatic hydroxyl groups is 1. The van der Waals surface area contributed by atoms with Crippen LogP contribution in [0.25, 0.3) is 11.1 Å². The first-order valence-electron chi connectivity index (χ1n) is 9.93. The van der Waals surface area contributed by atoms with Gasteiger partial charge in [-0.15, -0.1) is 0 Å². The molecule has 2 aromatic carbocycles. The van der Waals surface area contributed by atoms with Gasteiger partial charge in [-0.2, -0.15) is 0 Å². The van der Waals surface area contributed by atoms with E-state index in [0.29, 0.717) is 6.54 Å². The minimum absolute atomic E-state index is 0.0122. The Balaban J connectivity index is 1.54. The van der Waals surface area contributed by atoms with Crippen molar-refractivity contribution < 1.29 is 14.7 Å². The van der Waals surface area contributed by atoms with Gasteiger partial charge in [0.05, 0.1) is 18.7 Å². The summed E-state index contributed by atoms with van der Waals surface area (Å²) in [7, 11) is 0. The SMILES string of the molecule is CC(=O)N1[C@H](CO)[C@@H](c2ccc(-c3ccccc3)cc2)[C@H]1CNC(=O)C1CC1. The quantitative estimate of drug-likeness (QED) is 0.812. The average molecular weight is 378 g/mol. The smallest absolute Gasteiger partial charge is 0.223 e. The molecule has 0 bridgehead atoms. The van der Waals surface area contributed by atoms with Crippen molar-refractivity contribution >= 4 is 11.8 Å². The van der Waals surface area contributed by atoms with Crippen LogP contribution >= 0.6 is 0 Å². The minimum atomic E-state index is -0.247. The third-order valence-electron chi connectivity index (χ3n) is 5.93. The number of nitrogens with one attached hydrogen (secondary N) is 1. The van der Waals surface area contributed by atoms with Crippen LogP contribution in [0.15, 0.2) is 54.6 Å². The summed E-state index contributed by atoms with van der Waals surface area (Å²) in [5.41, 5.74) is 3.37. The van der Waals surface area contributed by atoms with Gasteiger partial charge in [-0.3, -0.25) is 9.59 Å². The number of carbonyl (C=O) groups is 2. The number of aliphatic hydroxyl groups excluding tert-OH is 1. The molecule has 2 aliphatic rings. The van der Waals surface area contributed by atoms with Gasteiger partial charge < -0.3 is 15.3 Å². The number of benzene rings is 2. The van der Waals surface area contributed by atoms with Crippen LogP contribution in [0.5, 0.6) is 0 Å². The summed E-state index contributed by atoms with van der Waals surface area (Å²) in [6.45, 7) is 1.86. The van der Waals surface area contributed by atoms with Crippen molar-refractivity contribution in [3.05, 3.63) is 60.2 Å². The topological polar surface area (TPSA) is 69.6 Å². The van der Waals surface area contributed by atoms with Gasteiger partial charge in [0.15, 0.2) is 0 Å². The van der Waals surface area contributed by atoms with Crippen molar-refractivity contribution in [2.24, 2.45) is 5.92 Å². The first-order valence-corrected chi connectivity index (χ1v) is 9.93. The normalized spacial score (nSPS) is 23.8. The van der Waals surface area contributed by atoms with Crippen LogP contribution in [0, 0.1) is 5.92 Å². The maximum Gasteiger partial charge on any atom is 0.223 e. The predicted octanol–water partition coefficient (Wildman–Crippen LogP) is 2.56. The van der Waals surface area contributed by atoms with E-state index < -0.39 is 0 Å². The van der Waals surface area contributed by atoms with Crippen molar-refractivity contribution in [1.29, 1.82) is 0 Å². The Kier molecular flexibility index (Phi) is 5.18. The molecule has 146 valence electrons. The Morgan fingerprint density at radius 1 is 1.00 bits per heavy atom. The molecule has 1 aliphatic carbocycles. The van der Waals surface area contributed by atoms with Crippen LogP contribution in [0.2, 0.25) is 0 Å². The second kappa shape index (κ2) is 7.76. The Morgan fingerprint density at radius 3 is 2.21 bits per heavy atom. The zero-order chi connectivity index (χ0) is 19.7. The summed E-state index contributed by atoms with van der Waals surface area (Å²) >= 11 is 0. The average Bonchev–Trinajstić information content (AvgIpc) is 3.53. The van der Waals surface area contributed by atoms with Gasteiger partial charge in [-0.25, -0.2) is 0 Å². The lowest BCUT2D eigenvalue weighted by molar-refractivity contribution is -0.148. The van der Waals surface area contributed by atoms with Crippen molar-refractivity contribution in [3.63, 3.8) is 0 Å². The number of nitrogens with zero attached hydrogens (tertiary/aromatic N) is 1. The van der Waals surface area contributed by atoms with E-state index in [1.165, 1.54) is 6.92 Å². The van der Waals surface area contributed by atoms with Crippen LogP contribution in [-0.4, -0.2) is 47.1 Å². The summed E-state index contributed by atoms with van der Waals surface area (Å²) in [6, 6.07) is 18.1. The fourth-order valence-electron chi connectivity index (χ4n) is 4.31. The summed E-state index contributed by atoms with van der Waals surface area (Å²) < 4.78 is 0. The lowest BCUT2D eigenvalue weighted by atomic mass is 9.74. The first-order chi connectivity index (χ1) is 13.6. The molecule has 0 radical (unpaired) electrons. The Hall–Kier alpha value is -2.66. The molecule has 2 N–H and O–H groups in total. The Bertz CT molecular complexity index is 846. The zero-order valence-corrected chi connectivity index (χ0v) is 16.0. The first kappa shape index (κ1) is 18.7. The van der Waals surface area contributed by atoms with Crippen LogP contribution in [0.1, 0.15) is 31.2 Å². The molecule has 0 spiro atoms. The highest BCUT2D eigenvalue weighted by atomic mass is 16.3. The molecule has 28 heavy (non-hydrogen) atoms. The molecular formula is C23H26N2O3. The largest absolute Gasteiger partial charge is 0.394 e. The van der Waals surface area contributed by atoms with Crippen molar-refractivity contribution in [2.45, 2.75) is 37.8 Å². The monoisotopic (exact) mass is 378 g/mol. The fraction of sp³-hybridized carbons (Fsp3) is 0.391. The maximum atomic E-state index is 12.1. The highest BCUT2D eigenvalue weighted by Gasteiger charge is 2.50. The highest BCUT2D eigenvalue weighted by molar-refractivity contribution is 5.81. The molecule has 3 atom stereocenters. The maximum absolute atomic E-state index is 12.1. The number of rotatable bonds is 6. The van der Waals surface area contributed by atoms with E-state index in [2.05, 4.69) is 41.7 Å². The summed E-state index contributed by atoms with van der Waals surface area (Å²) in [5.74, 6) is 0.164. The van der Waals surface area contributed by atoms with E-state index in [-0.39, 0.29) is 42.3 Å². The van der Waals surface area contributed by atoms with Gasteiger partial charge in [0.2, 0.25) is 11.8 Å². The molecule has 5 heteroatoms. The van der Waals surface area contributed by atoms with Gasteiger partial charge in [0, 0.05) is 25.3 Å². The highest BCUT2D eigenvalue weighted by Crippen LogP contribution is 2.41. The molecule has 4 rings (SSSR count). The molecule has 1 aliphatic heterocycles. The number of hydrogen-bond acceptors (Lipinski definition) is 3. The zero-order valence-electron chi connectivity index (χ0n) is 16.0. The number of carbonyl (C=O) groups excluding carboxylic acids is 2. The second-order valence-corrected chi connectivity index (χ2v) is 7.78. The van der Waals surface area contributed by atoms with Crippen LogP contribution in [0.3, 0.4) is 0 Å². The van der Waals surface area contributed by atoms with E-state index in [1.807, 2.05) is 18.2 Å². The number of amides is 2. The van der Waals surface area contributed by atoms with Crippen molar-refractivity contribution in [2.75, 3.05) is 13.2 Å². The molecule has 1 saturated carbocycles. The third-order valence-corrected chi connectivity index (χ3v) is 5.93. The van der Waals surface area contributed by atoms with Gasteiger partial charge in [-0.05, 0) is 29.5 Å². The van der Waals surface area contributed by atoms with Crippen molar-refractivity contribution in [1.82, 2.24) is 10.2 Å². The molecule has 5 nitrogen and oxygen atoms in total. The standard InChI is InChI=1S/C23H26N2O3/c1-15(27)25-20(13-24-23(28)19-11-12-19)22(21(25)14-26)18-9-7-17(8-10-18)16-5-3-2-4-6-16/h2-10,19-22,26H,11-14H2,1H3,(H,24,28)/t20-,21-,22+/m1/s1. The molecule has 1 heterocycles. The summed E-state index contributed by atoms with van der Waals surface area (Å²) in [5, 5.41) is 12.9. The number of likely N-dealkylation sites (tertiary alicyclic amines) is 1. The lowest BCUT2D eigenvalue weighted by Crippen LogP contribution is -2.68. The Labute approximate surface area is 165 Å². The molecule has 1 saturated heterocycles. The van der Waals surface area contributed by atoms with E-state index in [0.717, 1.165) is 29.5 Å². The van der Waals surface area contributed by atoms with Gasteiger partial charge in [0.1, 0.15) is 0 Å². The van der Waals surface area contributed by atoms with E-state index in [4.69, 9.17) is 0 Å². The molecule has 2 fully saturated rings. The third kappa shape index (κ3) is 3.54. The molecule has 2 amide bonds. The molecule has 0 unspecified atom stereocenters. The van der Waals surface area contributed by atoms with Gasteiger partial charge in [0.25, 0.3) is 0 Å². The summed E-state index contributed by atoms with van der Waals surface area (Å²) in [4.78, 5) is 25.9. The molecule has 2 aromatic rings. The van der Waals surface area contributed by atoms with Gasteiger partial charge >= 0.3 is 0 Å². The lowest BCUT2D eigenvalue weighted by Gasteiger charge is -2.54. The summed E-state index contributed by atoms with van der Waals surface area (Å²) in [6.07, 6.45) is 1.91. The van der Waals surface area contributed by atoms with E-state index in [9.17, 15) is 14.7 Å². The van der Waals surface area contributed by atoms with Gasteiger partial charge in [-0.1, -0.05) is 54.6 Å².